The first-order valence-electron chi connectivity index (χ1n) is 14.1. The maximum atomic E-state index is 6.20. The quantitative estimate of drug-likeness (QED) is 0.206. The largest absolute Gasteiger partial charge is 0.493 e. The van der Waals surface area contributed by atoms with Crippen molar-refractivity contribution in [2.45, 2.75) is 32.6 Å². The Bertz CT molecular complexity index is 1380. The Morgan fingerprint density at radius 3 is 2.62 bits per heavy atom. The van der Waals surface area contributed by atoms with Gasteiger partial charge in [0.25, 0.3) is 0 Å². The fourth-order valence-corrected chi connectivity index (χ4v) is 5.21. The highest BCUT2D eigenvalue weighted by Gasteiger charge is 2.17. The third-order valence-electron chi connectivity index (χ3n) is 7.20. The Labute approximate surface area is 241 Å². The molecule has 0 radical (unpaired) electrons. The van der Waals surface area contributed by atoms with Gasteiger partial charge in [-0.1, -0.05) is 37.3 Å². The number of hydrogen-bond donors (Lipinski definition) is 3. The van der Waals surface area contributed by atoms with Crippen molar-refractivity contribution >= 4 is 33.9 Å². The van der Waals surface area contributed by atoms with Gasteiger partial charge in [-0.25, -0.2) is 9.97 Å². The fraction of sp³-hybridized carbons (Fsp3) is 0.344. The molecule has 5 rings (SSSR count). The lowest BCUT2D eigenvalue weighted by atomic mass is 9.90. The maximum Gasteiger partial charge on any atom is 0.230 e. The molecule has 0 spiro atoms. The summed E-state index contributed by atoms with van der Waals surface area (Å²) in [6.45, 7) is 5.99. The van der Waals surface area contributed by atoms with Crippen molar-refractivity contribution < 1.29 is 9.47 Å². The van der Waals surface area contributed by atoms with E-state index in [1.807, 2.05) is 60.7 Å². The first-order chi connectivity index (χ1) is 19.6. The molecule has 7 nitrogen and oxygen atoms in total. The van der Waals surface area contributed by atoms with Gasteiger partial charge in [0.15, 0.2) is 5.11 Å². The highest BCUT2D eigenvalue weighted by molar-refractivity contribution is 7.80. The van der Waals surface area contributed by atoms with E-state index in [2.05, 4.69) is 45.0 Å². The zero-order chi connectivity index (χ0) is 27.6. The fourth-order valence-electron chi connectivity index (χ4n) is 4.99. The van der Waals surface area contributed by atoms with E-state index in [-0.39, 0.29) is 0 Å². The topological polar surface area (TPSA) is 80.3 Å². The molecule has 3 aromatic carbocycles. The molecule has 1 aromatic heterocycles. The normalized spacial score (nSPS) is 17.4. The molecule has 1 saturated heterocycles. The molecule has 0 aliphatic carbocycles. The molecule has 2 atom stereocenters. The average molecular weight is 556 g/mol. The summed E-state index contributed by atoms with van der Waals surface area (Å²) in [5, 5.41) is 11.4. The van der Waals surface area contributed by atoms with Gasteiger partial charge in [0, 0.05) is 18.3 Å². The molecule has 208 valence electrons. The first kappa shape index (κ1) is 27.8. The van der Waals surface area contributed by atoms with Gasteiger partial charge in [-0.15, -0.1) is 0 Å². The number of aromatic nitrogens is 2. The van der Waals surface area contributed by atoms with E-state index in [9.17, 15) is 0 Å². The summed E-state index contributed by atoms with van der Waals surface area (Å²) >= 11 is 5.44. The minimum absolute atomic E-state index is 0.510. The van der Waals surface area contributed by atoms with Gasteiger partial charge in [0.2, 0.25) is 5.88 Å². The van der Waals surface area contributed by atoms with Crippen LogP contribution in [0.1, 0.15) is 31.7 Å². The maximum absolute atomic E-state index is 6.20. The molecular weight excluding hydrogens is 518 g/mol. The molecule has 0 bridgehead atoms. The summed E-state index contributed by atoms with van der Waals surface area (Å²) in [7, 11) is 0. The number of benzene rings is 3. The Kier molecular flexibility index (Phi) is 9.77. The second-order valence-electron chi connectivity index (χ2n) is 10.4. The number of anilines is 1. The van der Waals surface area contributed by atoms with Crippen LogP contribution >= 0.6 is 12.2 Å². The van der Waals surface area contributed by atoms with Crippen LogP contribution in [0.15, 0.2) is 79.1 Å². The van der Waals surface area contributed by atoms with Gasteiger partial charge in [-0.05, 0) is 105 Å². The van der Waals surface area contributed by atoms with E-state index in [0.29, 0.717) is 28.6 Å². The summed E-state index contributed by atoms with van der Waals surface area (Å²) in [6, 6.07) is 23.9. The summed E-state index contributed by atoms with van der Waals surface area (Å²) in [5.74, 6) is 3.29. The number of ether oxygens (including phenoxy) is 2. The number of hydrogen-bond acceptors (Lipinski definition) is 6. The van der Waals surface area contributed by atoms with Gasteiger partial charge >= 0.3 is 0 Å². The zero-order valence-electron chi connectivity index (χ0n) is 22.9. The smallest absolute Gasteiger partial charge is 0.230 e. The third-order valence-corrected chi connectivity index (χ3v) is 7.45. The van der Waals surface area contributed by atoms with Crippen LogP contribution in [0.4, 0.5) is 5.69 Å². The molecule has 4 aromatic rings. The second-order valence-corrected chi connectivity index (χ2v) is 10.9. The number of thiocarbonyl (C=S) groups is 1. The lowest BCUT2D eigenvalue weighted by molar-refractivity contribution is 0.202. The summed E-state index contributed by atoms with van der Waals surface area (Å²) in [4.78, 5) is 8.84. The van der Waals surface area contributed by atoms with Gasteiger partial charge in [0.1, 0.15) is 17.8 Å². The van der Waals surface area contributed by atoms with Gasteiger partial charge in [0.05, 0.1) is 17.5 Å². The summed E-state index contributed by atoms with van der Waals surface area (Å²) in [6.07, 6.45) is 6.01. The third kappa shape index (κ3) is 8.13. The standard InChI is InChI=1S/C32H37N5O2S/c1-23-13-16-33-17-14-25(19-23)21-38-28-11-12-29-30(20-28)35-22-36-31(29)39-27-9-7-26(8-10-27)37-32(40)34-18-15-24-5-3-2-4-6-24/h2-12,20,22-23,25,33H,13-19,21H2,1H3,(H2,34,37,40). The molecule has 1 fully saturated rings. The molecule has 2 heterocycles. The minimum Gasteiger partial charge on any atom is -0.493 e. The van der Waals surface area contributed by atoms with Crippen LogP contribution in [0.25, 0.3) is 10.9 Å². The SMILES string of the molecule is CC1CCNCCC(COc2ccc3c(Oc4ccc(NC(=S)NCCc5ccccc5)cc4)ncnc3c2)C1. The number of nitrogens with one attached hydrogen (secondary N) is 3. The molecule has 0 saturated carbocycles. The lowest BCUT2D eigenvalue weighted by Gasteiger charge is -2.24. The predicted octanol–water partition coefficient (Wildman–Crippen LogP) is 6.36. The van der Waals surface area contributed by atoms with E-state index in [4.69, 9.17) is 21.7 Å². The zero-order valence-corrected chi connectivity index (χ0v) is 23.8. The van der Waals surface area contributed by atoms with E-state index >= 15 is 0 Å². The van der Waals surface area contributed by atoms with Gasteiger partial charge in [-0.3, -0.25) is 0 Å². The van der Waals surface area contributed by atoms with Crippen molar-refractivity contribution in [2.75, 3.05) is 31.6 Å². The van der Waals surface area contributed by atoms with Gasteiger partial charge in [-0.2, -0.15) is 0 Å². The monoisotopic (exact) mass is 555 g/mol. The van der Waals surface area contributed by atoms with Crippen molar-refractivity contribution in [1.82, 2.24) is 20.6 Å². The molecule has 1 aliphatic heterocycles. The lowest BCUT2D eigenvalue weighted by Crippen LogP contribution is -2.30. The van der Waals surface area contributed by atoms with E-state index in [1.54, 1.807) is 0 Å². The van der Waals surface area contributed by atoms with Crippen molar-refractivity contribution in [3.05, 3.63) is 84.7 Å². The molecule has 0 amide bonds. The Hall–Kier alpha value is -3.75. The van der Waals surface area contributed by atoms with E-state index in [1.165, 1.54) is 24.7 Å². The van der Waals surface area contributed by atoms with Crippen LogP contribution in [0.2, 0.25) is 0 Å². The highest BCUT2D eigenvalue weighted by Crippen LogP contribution is 2.30. The van der Waals surface area contributed by atoms with E-state index in [0.717, 1.165) is 61.4 Å². The first-order valence-corrected chi connectivity index (χ1v) is 14.5. The van der Waals surface area contributed by atoms with Crippen LogP contribution in [-0.4, -0.2) is 41.3 Å². The van der Waals surface area contributed by atoms with Crippen LogP contribution in [0.3, 0.4) is 0 Å². The van der Waals surface area contributed by atoms with Crippen molar-refractivity contribution in [3.8, 4) is 17.4 Å². The number of nitrogens with zero attached hydrogens (tertiary/aromatic N) is 2. The molecular formula is C32H37N5O2S. The highest BCUT2D eigenvalue weighted by atomic mass is 32.1. The van der Waals surface area contributed by atoms with Crippen molar-refractivity contribution in [1.29, 1.82) is 0 Å². The molecule has 40 heavy (non-hydrogen) atoms. The molecule has 1 aliphatic rings. The Balaban J connectivity index is 1.14. The van der Waals surface area contributed by atoms with Crippen LogP contribution in [-0.2, 0) is 6.42 Å². The summed E-state index contributed by atoms with van der Waals surface area (Å²) in [5.41, 5.74) is 2.95. The Morgan fingerprint density at radius 2 is 1.77 bits per heavy atom. The van der Waals surface area contributed by atoms with Gasteiger partial charge < -0.3 is 25.4 Å². The van der Waals surface area contributed by atoms with E-state index < -0.39 is 0 Å². The second kappa shape index (κ2) is 14.1. The average Bonchev–Trinajstić information content (AvgIpc) is 2.96. The van der Waals surface area contributed by atoms with Crippen molar-refractivity contribution in [2.24, 2.45) is 11.8 Å². The minimum atomic E-state index is 0.510. The summed E-state index contributed by atoms with van der Waals surface area (Å²) < 4.78 is 12.3. The van der Waals surface area contributed by atoms with Crippen LogP contribution in [0, 0.1) is 11.8 Å². The predicted molar refractivity (Wildman–Crippen MR) is 165 cm³/mol. The van der Waals surface area contributed by atoms with Crippen molar-refractivity contribution in [3.63, 3.8) is 0 Å². The molecule has 2 unspecified atom stereocenters. The molecule has 3 N–H and O–H groups in total. The number of rotatable bonds is 9. The molecule has 8 heteroatoms. The Morgan fingerprint density at radius 1 is 0.975 bits per heavy atom. The van der Waals surface area contributed by atoms with Crippen LogP contribution < -0.4 is 25.4 Å². The number of fused-ring (bicyclic) bond motifs is 1. The van der Waals surface area contributed by atoms with Crippen LogP contribution in [0.5, 0.6) is 17.4 Å².